The molecule has 3 N–H and O–H groups in total. The van der Waals surface area contributed by atoms with E-state index in [1.54, 1.807) is 34.6 Å². The van der Waals surface area contributed by atoms with E-state index in [9.17, 15) is 4.79 Å². The van der Waals surface area contributed by atoms with Gasteiger partial charge in [0.15, 0.2) is 5.16 Å². The zero-order valence-corrected chi connectivity index (χ0v) is 13.1. The Labute approximate surface area is 132 Å². The van der Waals surface area contributed by atoms with Crippen molar-refractivity contribution in [1.29, 1.82) is 0 Å². The number of benzene rings is 1. The molecule has 1 heterocycles. The minimum Gasteiger partial charge on any atom is -0.399 e. The predicted molar refractivity (Wildman–Crippen MR) is 85.5 cm³/mol. The zero-order chi connectivity index (χ0) is 15.2. The van der Waals surface area contributed by atoms with E-state index in [2.05, 4.69) is 15.4 Å². The second-order valence-corrected chi connectivity index (χ2v) is 5.87. The van der Waals surface area contributed by atoms with Crippen LogP contribution in [0.2, 0.25) is 5.02 Å². The van der Waals surface area contributed by atoms with Crippen molar-refractivity contribution in [2.45, 2.75) is 18.0 Å². The lowest BCUT2D eigenvalue weighted by Crippen LogP contribution is -2.12. The van der Waals surface area contributed by atoms with Gasteiger partial charge in [-0.3, -0.25) is 4.79 Å². The molecule has 1 amide bonds. The molecule has 1 aromatic heterocycles. The Bertz CT molecular complexity index is 631. The highest BCUT2D eigenvalue weighted by molar-refractivity contribution is 7.99. The lowest BCUT2D eigenvalue weighted by molar-refractivity contribution is -0.116. The van der Waals surface area contributed by atoms with Gasteiger partial charge in [-0.2, -0.15) is 5.10 Å². The molecule has 0 radical (unpaired) electrons. The first-order valence-corrected chi connectivity index (χ1v) is 7.74. The van der Waals surface area contributed by atoms with Crippen LogP contribution in [-0.4, -0.2) is 26.4 Å². The number of nitrogens with one attached hydrogen (secondary N) is 1. The van der Waals surface area contributed by atoms with Crippen molar-refractivity contribution in [1.82, 2.24) is 14.8 Å². The molecule has 0 spiro atoms. The molecule has 0 aliphatic carbocycles. The van der Waals surface area contributed by atoms with E-state index in [1.165, 1.54) is 6.33 Å². The number of amides is 1. The minimum atomic E-state index is -0.0692. The maximum Gasteiger partial charge on any atom is 0.224 e. The smallest absolute Gasteiger partial charge is 0.224 e. The average molecular weight is 326 g/mol. The Hall–Kier alpha value is -1.73. The largest absolute Gasteiger partial charge is 0.399 e. The molecule has 0 saturated carbocycles. The monoisotopic (exact) mass is 325 g/mol. The van der Waals surface area contributed by atoms with Crippen LogP contribution in [0.4, 0.5) is 11.4 Å². The third-order valence-electron chi connectivity index (χ3n) is 2.72. The second kappa shape index (κ2) is 7.33. The van der Waals surface area contributed by atoms with Crippen LogP contribution in [0.3, 0.4) is 0 Å². The highest BCUT2D eigenvalue weighted by atomic mass is 35.5. The summed E-state index contributed by atoms with van der Waals surface area (Å²) in [6.07, 6.45) is 2.68. The van der Waals surface area contributed by atoms with E-state index in [0.717, 1.165) is 17.3 Å². The van der Waals surface area contributed by atoms with Gasteiger partial charge in [0, 0.05) is 24.9 Å². The minimum absolute atomic E-state index is 0.0692. The molecule has 1 aromatic carbocycles. The number of nitrogens with two attached hydrogens (primary N) is 1. The summed E-state index contributed by atoms with van der Waals surface area (Å²) in [7, 11) is 1.84. The average Bonchev–Trinajstić information content (AvgIpc) is 2.84. The van der Waals surface area contributed by atoms with Gasteiger partial charge >= 0.3 is 0 Å². The van der Waals surface area contributed by atoms with Gasteiger partial charge in [0.1, 0.15) is 6.33 Å². The first-order chi connectivity index (χ1) is 10.1. The molecular weight excluding hydrogens is 310 g/mol. The van der Waals surface area contributed by atoms with E-state index >= 15 is 0 Å². The van der Waals surface area contributed by atoms with Gasteiger partial charge in [-0.05, 0) is 24.6 Å². The first-order valence-electron chi connectivity index (χ1n) is 6.38. The number of hydrogen-bond acceptors (Lipinski definition) is 5. The number of hydrogen-bond donors (Lipinski definition) is 2. The maximum atomic E-state index is 11.8. The Balaban J connectivity index is 1.73. The third kappa shape index (κ3) is 4.64. The number of nitrogens with zero attached hydrogens (tertiary/aromatic N) is 3. The summed E-state index contributed by atoms with van der Waals surface area (Å²) >= 11 is 7.58. The quantitative estimate of drug-likeness (QED) is 0.484. The Morgan fingerprint density at radius 1 is 1.52 bits per heavy atom. The lowest BCUT2D eigenvalue weighted by Gasteiger charge is -2.07. The fourth-order valence-corrected chi connectivity index (χ4v) is 2.72. The number of rotatable bonds is 6. The standard InChI is InChI=1S/C13H16ClN5OS/c1-19-13(16-8-17-19)21-6-2-3-12(20)18-11-5-4-9(15)7-10(11)14/h4-5,7-8H,2-3,6,15H2,1H3,(H,18,20). The summed E-state index contributed by atoms with van der Waals surface area (Å²) < 4.78 is 1.71. The SMILES string of the molecule is Cn1ncnc1SCCCC(=O)Nc1ccc(N)cc1Cl. The molecule has 0 bridgehead atoms. The third-order valence-corrected chi connectivity index (χ3v) is 4.15. The molecule has 0 fully saturated rings. The zero-order valence-electron chi connectivity index (χ0n) is 11.5. The predicted octanol–water partition coefficient (Wildman–Crippen LogP) is 2.56. The van der Waals surface area contributed by atoms with Crippen LogP contribution in [0, 0.1) is 0 Å². The Morgan fingerprint density at radius 2 is 2.33 bits per heavy atom. The van der Waals surface area contributed by atoms with Gasteiger partial charge in [-0.1, -0.05) is 23.4 Å². The van der Waals surface area contributed by atoms with Crippen molar-refractivity contribution >= 4 is 40.6 Å². The summed E-state index contributed by atoms with van der Waals surface area (Å²) in [5.41, 5.74) is 6.75. The van der Waals surface area contributed by atoms with Crippen LogP contribution in [0.15, 0.2) is 29.7 Å². The number of carbonyl (C=O) groups is 1. The van der Waals surface area contributed by atoms with Crippen LogP contribution >= 0.6 is 23.4 Å². The van der Waals surface area contributed by atoms with Crippen molar-refractivity contribution in [3.05, 3.63) is 29.5 Å². The lowest BCUT2D eigenvalue weighted by atomic mass is 10.2. The van der Waals surface area contributed by atoms with Crippen LogP contribution in [0.25, 0.3) is 0 Å². The Morgan fingerprint density at radius 3 is 3.00 bits per heavy atom. The summed E-state index contributed by atoms with van der Waals surface area (Å²) in [5.74, 6) is 0.732. The summed E-state index contributed by atoms with van der Waals surface area (Å²) in [5, 5.41) is 8.04. The number of aryl methyl sites for hydroxylation is 1. The molecule has 0 aliphatic heterocycles. The topological polar surface area (TPSA) is 85.8 Å². The molecule has 112 valence electrons. The molecule has 2 rings (SSSR count). The van der Waals surface area contributed by atoms with Gasteiger partial charge in [0.05, 0.1) is 10.7 Å². The summed E-state index contributed by atoms with van der Waals surface area (Å²) in [6, 6.07) is 5.01. The number of aromatic nitrogens is 3. The fourth-order valence-electron chi connectivity index (χ4n) is 1.66. The van der Waals surface area contributed by atoms with Crippen molar-refractivity contribution in [3.63, 3.8) is 0 Å². The van der Waals surface area contributed by atoms with E-state index in [4.69, 9.17) is 17.3 Å². The van der Waals surface area contributed by atoms with Crippen molar-refractivity contribution in [3.8, 4) is 0 Å². The highest BCUT2D eigenvalue weighted by Gasteiger charge is 2.07. The van der Waals surface area contributed by atoms with E-state index in [-0.39, 0.29) is 5.91 Å². The molecule has 0 saturated heterocycles. The van der Waals surface area contributed by atoms with Gasteiger partial charge in [-0.25, -0.2) is 9.67 Å². The normalized spacial score (nSPS) is 10.6. The van der Waals surface area contributed by atoms with Gasteiger partial charge in [-0.15, -0.1) is 0 Å². The molecule has 8 heteroatoms. The van der Waals surface area contributed by atoms with Crippen LogP contribution in [0.1, 0.15) is 12.8 Å². The van der Waals surface area contributed by atoms with E-state index in [0.29, 0.717) is 22.8 Å². The summed E-state index contributed by atoms with van der Waals surface area (Å²) in [6.45, 7) is 0. The van der Waals surface area contributed by atoms with Gasteiger partial charge in [0.2, 0.25) is 5.91 Å². The van der Waals surface area contributed by atoms with Crippen molar-refractivity contribution in [2.24, 2.45) is 7.05 Å². The van der Waals surface area contributed by atoms with Gasteiger partial charge in [0.25, 0.3) is 0 Å². The Kier molecular flexibility index (Phi) is 5.46. The van der Waals surface area contributed by atoms with Crippen molar-refractivity contribution < 1.29 is 4.79 Å². The van der Waals surface area contributed by atoms with Crippen LogP contribution < -0.4 is 11.1 Å². The van der Waals surface area contributed by atoms with Gasteiger partial charge < -0.3 is 11.1 Å². The molecular formula is C13H16ClN5OS. The first kappa shape index (κ1) is 15.7. The van der Waals surface area contributed by atoms with Crippen LogP contribution in [0.5, 0.6) is 0 Å². The summed E-state index contributed by atoms with van der Waals surface area (Å²) in [4.78, 5) is 15.9. The fraction of sp³-hybridized carbons (Fsp3) is 0.308. The molecule has 0 unspecified atom stereocenters. The number of thioether (sulfide) groups is 1. The van der Waals surface area contributed by atoms with E-state index in [1.807, 2.05) is 7.05 Å². The number of carbonyl (C=O) groups excluding carboxylic acids is 1. The van der Waals surface area contributed by atoms with Crippen molar-refractivity contribution in [2.75, 3.05) is 16.8 Å². The molecule has 0 aliphatic rings. The molecule has 6 nitrogen and oxygen atoms in total. The number of anilines is 2. The highest BCUT2D eigenvalue weighted by Crippen LogP contribution is 2.24. The molecule has 2 aromatic rings. The molecule has 21 heavy (non-hydrogen) atoms. The van der Waals surface area contributed by atoms with Crippen LogP contribution in [-0.2, 0) is 11.8 Å². The number of nitrogen functional groups attached to an aromatic ring is 1. The second-order valence-electron chi connectivity index (χ2n) is 4.41. The number of halogens is 1. The van der Waals surface area contributed by atoms with E-state index < -0.39 is 0 Å². The molecule has 0 atom stereocenters. The maximum absolute atomic E-state index is 11.8.